The highest BCUT2D eigenvalue weighted by Gasteiger charge is 2.51. The topological polar surface area (TPSA) is 249 Å². The average Bonchev–Trinajstić information content (AvgIpc) is 2.96. The van der Waals surface area contributed by atoms with Gasteiger partial charge < -0.3 is 69.3 Å². The first-order valence-corrected chi connectivity index (χ1v) is 12.9. The highest BCUT2D eigenvalue weighted by molar-refractivity contribution is 5.88. The van der Waals surface area contributed by atoms with Crippen molar-refractivity contribution in [3.63, 3.8) is 0 Å². The van der Waals surface area contributed by atoms with Crippen LogP contribution in [0.25, 0.3) is 22.3 Å². The van der Waals surface area contributed by atoms with Crippen molar-refractivity contribution in [3.05, 3.63) is 46.6 Å². The van der Waals surface area contributed by atoms with Gasteiger partial charge in [0, 0.05) is 17.7 Å². The Kier molecular flexibility index (Phi) is 8.30. The van der Waals surface area contributed by atoms with Gasteiger partial charge in [0.1, 0.15) is 64.8 Å². The van der Waals surface area contributed by atoms with Gasteiger partial charge in [0.05, 0.1) is 12.7 Å². The zero-order chi connectivity index (χ0) is 30.5. The Labute approximate surface area is 236 Å². The maximum Gasteiger partial charge on any atom is 0.238 e. The number of hydrogen-bond donors (Lipinski definition) is 9. The van der Waals surface area contributed by atoms with Crippen molar-refractivity contribution in [1.29, 1.82) is 0 Å². The number of phenolic OH excluding ortho intramolecular Hbond substituents is 2. The van der Waals surface area contributed by atoms with Crippen molar-refractivity contribution in [2.75, 3.05) is 6.61 Å². The second-order valence-corrected chi connectivity index (χ2v) is 10.1. The molecular weight excluding hydrogens is 564 g/mol. The lowest BCUT2D eigenvalue weighted by Gasteiger charge is -2.45. The Morgan fingerprint density at radius 3 is 2.19 bits per heavy atom. The van der Waals surface area contributed by atoms with E-state index in [1.54, 1.807) is 0 Å². The molecule has 0 amide bonds. The number of fused-ring (bicyclic) bond motifs is 1. The summed E-state index contributed by atoms with van der Waals surface area (Å²) < 4.78 is 28.2. The van der Waals surface area contributed by atoms with Gasteiger partial charge in [-0.2, -0.15) is 0 Å². The summed E-state index contributed by atoms with van der Waals surface area (Å²) in [5.74, 6) is -2.00. The van der Waals surface area contributed by atoms with E-state index in [0.29, 0.717) is 0 Å². The number of hydrogen-bond acceptors (Lipinski definition) is 15. The minimum absolute atomic E-state index is 0.0706. The van der Waals surface area contributed by atoms with Crippen molar-refractivity contribution >= 4 is 11.0 Å². The van der Waals surface area contributed by atoms with Crippen LogP contribution in [0.5, 0.6) is 23.0 Å². The van der Waals surface area contributed by atoms with Crippen LogP contribution in [0.3, 0.4) is 0 Å². The van der Waals surface area contributed by atoms with Gasteiger partial charge in [0.15, 0.2) is 18.2 Å². The zero-order valence-corrected chi connectivity index (χ0v) is 21.9. The summed E-state index contributed by atoms with van der Waals surface area (Å²) in [5.41, 5.74) is -0.967. The van der Waals surface area contributed by atoms with Crippen molar-refractivity contribution in [1.82, 2.24) is 0 Å². The van der Waals surface area contributed by atoms with Crippen LogP contribution in [-0.2, 0) is 14.2 Å². The van der Waals surface area contributed by atoms with Gasteiger partial charge in [0.2, 0.25) is 17.5 Å². The fourth-order valence-electron chi connectivity index (χ4n) is 4.85. The molecule has 0 saturated carbocycles. The molecule has 228 valence electrons. The Bertz CT molecular complexity index is 1470. The molecule has 5 rings (SSSR count). The van der Waals surface area contributed by atoms with E-state index in [1.165, 1.54) is 37.3 Å². The number of phenols is 2. The number of benzene rings is 2. The lowest BCUT2D eigenvalue weighted by molar-refractivity contribution is -0.354. The molecule has 10 atom stereocenters. The molecule has 0 radical (unpaired) electrons. The van der Waals surface area contributed by atoms with Crippen LogP contribution in [0.4, 0.5) is 0 Å². The molecular formula is C27H30O15. The number of rotatable bonds is 6. The Balaban J connectivity index is 1.50. The van der Waals surface area contributed by atoms with Crippen LogP contribution < -0.4 is 10.2 Å². The van der Waals surface area contributed by atoms with Crippen LogP contribution in [0, 0.1) is 0 Å². The fraction of sp³-hybridized carbons (Fsp3) is 0.444. The highest BCUT2D eigenvalue weighted by atomic mass is 16.8. The third-order valence-corrected chi connectivity index (χ3v) is 7.23. The maximum atomic E-state index is 12.9. The highest BCUT2D eigenvalue weighted by Crippen LogP contribution is 2.37. The molecule has 0 bridgehead atoms. The SMILES string of the molecule is C[C@@H]1O[C@@H](O[C@H]2C(Oc3cc(O)c4c(=O)c(O)c(-c5ccc(O)cc5)oc4c3)O[C@H](CO)[C@H](O)[C@@H]2O)[C@H](O)[C@H](O)[C@@H]1O. The number of aromatic hydroxyl groups is 3. The third kappa shape index (κ3) is 5.37. The van der Waals surface area contributed by atoms with Gasteiger partial charge in [0.25, 0.3) is 0 Å². The molecule has 9 N–H and O–H groups in total. The molecule has 3 aromatic rings. The summed E-state index contributed by atoms with van der Waals surface area (Å²) in [6.45, 7) is 0.660. The van der Waals surface area contributed by atoms with E-state index in [9.17, 15) is 50.8 Å². The summed E-state index contributed by atoms with van der Waals surface area (Å²) in [6, 6.07) is 7.54. The van der Waals surface area contributed by atoms with Gasteiger partial charge >= 0.3 is 0 Å². The molecule has 2 fully saturated rings. The lowest BCUT2D eigenvalue weighted by atomic mass is 9.97. The monoisotopic (exact) mass is 594 g/mol. The molecule has 0 aliphatic carbocycles. The summed E-state index contributed by atoms with van der Waals surface area (Å²) in [5, 5.41) is 91.7. The molecule has 2 aliphatic heterocycles. The molecule has 2 aliphatic rings. The van der Waals surface area contributed by atoms with Crippen LogP contribution in [0.1, 0.15) is 6.92 Å². The Morgan fingerprint density at radius 2 is 1.52 bits per heavy atom. The third-order valence-electron chi connectivity index (χ3n) is 7.23. The van der Waals surface area contributed by atoms with E-state index in [-0.39, 0.29) is 33.8 Å². The first kappa shape index (κ1) is 30.0. The molecule has 2 aromatic carbocycles. The predicted octanol–water partition coefficient (Wildman–Crippen LogP) is -1.39. The van der Waals surface area contributed by atoms with Crippen LogP contribution in [0.15, 0.2) is 45.6 Å². The Hall–Kier alpha value is -3.51. The molecule has 15 heteroatoms. The van der Waals surface area contributed by atoms with Gasteiger partial charge in [-0.3, -0.25) is 4.79 Å². The normalized spacial score (nSPS) is 33.5. The molecule has 3 heterocycles. The molecule has 15 nitrogen and oxygen atoms in total. The lowest BCUT2D eigenvalue weighted by Crippen LogP contribution is -2.64. The van der Waals surface area contributed by atoms with Gasteiger partial charge in [-0.15, -0.1) is 0 Å². The second-order valence-electron chi connectivity index (χ2n) is 10.1. The van der Waals surface area contributed by atoms with E-state index in [0.717, 1.165) is 6.07 Å². The summed E-state index contributed by atoms with van der Waals surface area (Å²) in [4.78, 5) is 12.9. The number of aliphatic hydroxyl groups excluding tert-OH is 6. The molecule has 2 saturated heterocycles. The predicted molar refractivity (Wildman–Crippen MR) is 139 cm³/mol. The second kappa shape index (κ2) is 11.6. The summed E-state index contributed by atoms with van der Waals surface area (Å²) in [6.07, 6.45) is -15.6. The van der Waals surface area contributed by atoms with E-state index in [4.69, 9.17) is 23.4 Å². The maximum absolute atomic E-state index is 12.9. The molecule has 1 aromatic heterocycles. The standard InChI is InChI=1S/C27H30O15/c1-9-17(31)20(34)23(37)26(38-9)42-25-21(35)18(32)15(8-28)41-27(25)39-12-6-13(30)16-14(7-12)40-24(22(36)19(16)33)10-2-4-11(29)5-3-10/h2-7,9,15,17-18,20-21,23,25-32,34-37H,8H2,1H3/t9-,15+,17+,18-,20+,21-,23+,25+,26-,27?/m0/s1. The quantitative estimate of drug-likeness (QED) is 0.159. The van der Waals surface area contributed by atoms with Gasteiger partial charge in [-0.05, 0) is 31.2 Å². The first-order valence-electron chi connectivity index (χ1n) is 12.9. The summed E-state index contributed by atoms with van der Waals surface area (Å²) >= 11 is 0. The summed E-state index contributed by atoms with van der Waals surface area (Å²) in [7, 11) is 0. The molecule has 42 heavy (non-hydrogen) atoms. The van der Waals surface area contributed by atoms with Crippen molar-refractivity contribution < 1.29 is 69.3 Å². The van der Waals surface area contributed by atoms with E-state index >= 15 is 0 Å². The van der Waals surface area contributed by atoms with Gasteiger partial charge in [-0.1, -0.05) is 0 Å². The van der Waals surface area contributed by atoms with Crippen LogP contribution in [-0.4, -0.2) is 114 Å². The van der Waals surface area contributed by atoms with E-state index in [1.807, 2.05) is 0 Å². The average molecular weight is 595 g/mol. The molecule has 0 spiro atoms. The molecule has 1 unspecified atom stereocenters. The van der Waals surface area contributed by atoms with Crippen LogP contribution in [0.2, 0.25) is 0 Å². The van der Waals surface area contributed by atoms with Crippen LogP contribution >= 0.6 is 0 Å². The van der Waals surface area contributed by atoms with E-state index in [2.05, 4.69) is 0 Å². The van der Waals surface area contributed by atoms with Crippen molar-refractivity contribution in [2.24, 2.45) is 0 Å². The van der Waals surface area contributed by atoms with Crippen molar-refractivity contribution in [3.8, 4) is 34.3 Å². The largest absolute Gasteiger partial charge is 0.508 e. The van der Waals surface area contributed by atoms with Crippen molar-refractivity contribution in [2.45, 2.75) is 68.3 Å². The fourth-order valence-corrected chi connectivity index (χ4v) is 4.85. The smallest absolute Gasteiger partial charge is 0.238 e. The number of ether oxygens (including phenoxy) is 4. The zero-order valence-electron chi connectivity index (χ0n) is 21.9. The van der Waals surface area contributed by atoms with E-state index < -0.39 is 84.9 Å². The van der Waals surface area contributed by atoms with Gasteiger partial charge in [-0.25, -0.2) is 0 Å². The number of aliphatic hydroxyl groups is 6. The Morgan fingerprint density at radius 1 is 0.833 bits per heavy atom. The first-order chi connectivity index (χ1) is 19.9. The minimum Gasteiger partial charge on any atom is -0.508 e. The minimum atomic E-state index is -1.79.